The molecule has 1 aromatic heterocycles. The fourth-order valence-electron chi connectivity index (χ4n) is 4.04. The number of nitrogens with zero attached hydrogens (tertiary/aromatic N) is 1. The second-order valence-corrected chi connectivity index (χ2v) is 8.72. The number of esters is 1. The summed E-state index contributed by atoms with van der Waals surface area (Å²) in [5.41, 5.74) is 1.07. The molecule has 1 fully saturated rings. The summed E-state index contributed by atoms with van der Waals surface area (Å²) in [7, 11) is 1.33. The van der Waals surface area contributed by atoms with E-state index in [1.807, 2.05) is 33.8 Å². The number of carbonyl (C=O) groups is 2. The molecule has 30 heavy (non-hydrogen) atoms. The van der Waals surface area contributed by atoms with Crippen LogP contribution in [0.4, 0.5) is 0 Å². The molecular weight excluding hydrogens is 384 g/mol. The molecule has 1 aliphatic rings. The molecule has 0 unspecified atom stereocenters. The summed E-state index contributed by atoms with van der Waals surface area (Å²) >= 11 is 0. The Morgan fingerprint density at radius 2 is 1.73 bits per heavy atom. The van der Waals surface area contributed by atoms with Crippen LogP contribution in [0.15, 0.2) is 27.8 Å². The van der Waals surface area contributed by atoms with Crippen molar-refractivity contribution in [2.75, 3.05) is 7.11 Å². The van der Waals surface area contributed by atoms with Gasteiger partial charge in [0.05, 0.1) is 13.5 Å². The number of nitrogens with one attached hydrogen (secondary N) is 1. The quantitative estimate of drug-likeness (QED) is 0.557. The number of methoxy groups -OCH3 is 1. The van der Waals surface area contributed by atoms with E-state index < -0.39 is 16.7 Å². The Hall–Kier alpha value is -2.96. The predicted molar refractivity (Wildman–Crippen MR) is 113 cm³/mol. The Balaban J connectivity index is 2.19. The second-order valence-electron chi connectivity index (χ2n) is 8.72. The number of aromatic amines is 1. The third-order valence-corrected chi connectivity index (χ3v) is 5.71. The van der Waals surface area contributed by atoms with Crippen LogP contribution < -0.4 is 11.2 Å². The molecule has 3 rings (SSSR count). The molecule has 0 amide bonds. The van der Waals surface area contributed by atoms with Crippen LogP contribution in [-0.2, 0) is 16.1 Å². The number of benzene rings is 1. The molecular formula is C23H28N2O5. The van der Waals surface area contributed by atoms with E-state index in [9.17, 15) is 19.2 Å². The Labute approximate surface area is 175 Å². The van der Waals surface area contributed by atoms with E-state index >= 15 is 0 Å². The Bertz CT molecular complexity index is 1100. The van der Waals surface area contributed by atoms with Crippen LogP contribution in [0, 0.1) is 19.3 Å². The number of carbonyl (C=O) groups excluding carboxylic acids is 2. The topological polar surface area (TPSA) is 98.2 Å². The lowest BCUT2D eigenvalue weighted by Gasteiger charge is -2.21. The fourth-order valence-corrected chi connectivity index (χ4v) is 4.04. The lowest BCUT2D eigenvalue weighted by Crippen LogP contribution is -2.39. The van der Waals surface area contributed by atoms with Gasteiger partial charge in [-0.25, -0.2) is 4.79 Å². The van der Waals surface area contributed by atoms with Crippen molar-refractivity contribution in [1.82, 2.24) is 9.55 Å². The summed E-state index contributed by atoms with van der Waals surface area (Å²) in [6, 6.07) is 5.48. The summed E-state index contributed by atoms with van der Waals surface area (Å²) in [6.45, 7) is 7.61. The molecule has 7 heteroatoms. The second kappa shape index (κ2) is 8.05. The highest BCUT2D eigenvalue weighted by atomic mass is 16.5. The maximum absolute atomic E-state index is 13.6. The molecule has 0 aliphatic heterocycles. The van der Waals surface area contributed by atoms with Crippen LogP contribution >= 0.6 is 0 Å². The summed E-state index contributed by atoms with van der Waals surface area (Å²) in [5, 5.41) is 0. The first kappa shape index (κ1) is 21.7. The Morgan fingerprint density at radius 3 is 2.23 bits per heavy atom. The van der Waals surface area contributed by atoms with Crippen molar-refractivity contribution in [2.24, 2.45) is 5.41 Å². The Kier molecular flexibility index (Phi) is 5.83. The molecule has 0 saturated heterocycles. The van der Waals surface area contributed by atoms with Crippen LogP contribution in [0.1, 0.15) is 71.8 Å². The normalized spacial score (nSPS) is 14.6. The first-order valence-electron chi connectivity index (χ1n) is 10.1. The van der Waals surface area contributed by atoms with Crippen LogP contribution in [0.25, 0.3) is 0 Å². The Morgan fingerprint density at radius 1 is 1.13 bits per heavy atom. The molecule has 1 aliphatic carbocycles. The molecule has 1 N–H and O–H groups in total. The number of ether oxygens (including phenoxy) is 1. The number of hydrogen-bond donors (Lipinski definition) is 1. The fraction of sp³-hybridized carbons (Fsp3) is 0.478. The zero-order chi connectivity index (χ0) is 22.2. The van der Waals surface area contributed by atoms with E-state index in [0.717, 1.165) is 24.0 Å². The van der Waals surface area contributed by atoms with Crippen LogP contribution in [0.2, 0.25) is 0 Å². The predicted octanol–water partition coefficient (Wildman–Crippen LogP) is 2.85. The standard InChI is InChI=1S/C23H28N2O5/c1-13(2)18-19(20(27)16-9-14(3)8-15(4)10-16)25(22(29)24-21(18)28)12-23(6-7-23)11-17(26)30-5/h8-10,13H,6-7,11-12H2,1-5H3,(H,24,28,29). The van der Waals surface area contributed by atoms with E-state index in [1.54, 1.807) is 12.1 Å². The van der Waals surface area contributed by atoms with E-state index in [0.29, 0.717) is 5.56 Å². The monoisotopic (exact) mass is 412 g/mol. The lowest BCUT2D eigenvalue weighted by molar-refractivity contribution is -0.142. The van der Waals surface area contributed by atoms with Crippen molar-refractivity contribution in [3.05, 3.63) is 67.0 Å². The molecule has 1 saturated carbocycles. The number of H-pyrrole nitrogens is 1. The zero-order valence-corrected chi connectivity index (χ0v) is 18.1. The molecule has 0 spiro atoms. The SMILES string of the molecule is COC(=O)CC1(Cn2c(C(=O)c3cc(C)cc(C)c3)c(C(C)C)c(=O)[nH]c2=O)CC1. The summed E-state index contributed by atoms with van der Waals surface area (Å²) in [5.74, 6) is -0.972. The molecule has 0 atom stereocenters. The maximum Gasteiger partial charge on any atom is 0.328 e. The van der Waals surface area contributed by atoms with Gasteiger partial charge in [0.15, 0.2) is 0 Å². The maximum atomic E-state index is 13.6. The van der Waals surface area contributed by atoms with Crippen molar-refractivity contribution in [2.45, 2.75) is 59.4 Å². The third-order valence-electron chi connectivity index (χ3n) is 5.71. The van der Waals surface area contributed by atoms with Gasteiger partial charge in [0.1, 0.15) is 5.69 Å². The summed E-state index contributed by atoms with van der Waals surface area (Å²) in [4.78, 5) is 53.2. The minimum Gasteiger partial charge on any atom is -0.469 e. The average molecular weight is 412 g/mol. The van der Waals surface area contributed by atoms with Gasteiger partial charge >= 0.3 is 11.7 Å². The summed E-state index contributed by atoms with van der Waals surface area (Å²) in [6.07, 6.45) is 1.67. The number of aromatic nitrogens is 2. The van der Waals surface area contributed by atoms with Crippen LogP contribution in [0.5, 0.6) is 0 Å². The number of hydrogen-bond acceptors (Lipinski definition) is 5. The van der Waals surface area contributed by atoms with Crippen LogP contribution in [0.3, 0.4) is 0 Å². The van der Waals surface area contributed by atoms with Gasteiger partial charge in [0.2, 0.25) is 5.78 Å². The highest BCUT2D eigenvalue weighted by Gasteiger charge is 2.46. The molecule has 7 nitrogen and oxygen atoms in total. The van der Waals surface area contributed by atoms with Crippen molar-refractivity contribution in [3.8, 4) is 0 Å². The first-order valence-corrected chi connectivity index (χ1v) is 10.1. The first-order chi connectivity index (χ1) is 14.1. The third kappa shape index (κ3) is 4.30. The minimum atomic E-state index is -0.631. The van der Waals surface area contributed by atoms with Crippen molar-refractivity contribution in [1.29, 1.82) is 0 Å². The van der Waals surface area contributed by atoms with Gasteiger partial charge in [-0.15, -0.1) is 0 Å². The summed E-state index contributed by atoms with van der Waals surface area (Å²) < 4.78 is 6.15. The highest BCUT2D eigenvalue weighted by molar-refractivity contribution is 6.09. The highest BCUT2D eigenvalue weighted by Crippen LogP contribution is 2.50. The molecule has 160 valence electrons. The van der Waals surface area contributed by atoms with E-state index in [1.165, 1.54) is 11.7 Å². The van der Waals surface area contributed by atoms with Gasteiger partial charge in [0, 0.05) is 17.7 Å². The van der Waals surface area contributed by atoms with Gasteiger partial charge < -0.3 is 4.74 Å². The van der Waals surface area contributed by atoms with Crippen molar-refractivity contribution < 1.29 is 14.3 Å². The molecule has 0 radical (unpaired) electrons. The van der Waals surface area contributed by atoms with E-state index in [2.05, 4.69) is 4.98 Å². The molecule has 2 aromatic rings. The largest absolute Gasteiger partial charge is 0.469 e. The van der Waals surface area contributed by atoms with Crippen LogP contribution in [-0.4, -0.2) is 28.4 Å². The van der Waals surface area contributed by atoms with Gasteiger partial charge in [0.25, 0.3) is 5.56 Å². The van der Waals surface area contributed by atoms with Gasteiger partial charge in [-0.2, -0.15) is 0 Å². The zero-order valence-electron chi connectivity index (χ0n) is 18.1. The molecule has 0 bridgehead atoms. The number of ketones is 1. The van der Waals surface area contributed by atoms with Gasteiger partial charge in [-0.05, 0) is 50.2 Å². The lowest BCUT2D eigenvalue weighted by atomic mass is 9.94. The molecule has 1 heterocycles. The van der Waals surface area contributed by atoms with Crippen molar-refractivity contribution >= 4 is 11.8 Å². The van der Waals surface area contributed by atoms with Crippen molar-refractivity contribution in [3.63, 3.8) is 0 Å². The average Bonchev–Trinajstić information content (AvgIpc) is 3.40. The smallest absolute Gasteiger partial charge is 0.328 e. The van der Waals surface area contributed by atoms with E-state index in [4.69, 9.17) is 4.74 Å². The minimum absolute atomic E-state index is 0.111. The number of aryl methyl sites for hydroxylation is 2. The van der Waals surface area contributed by atoms with Gasteiger partial charge in [-0.3, -0.25) is 23.9 Å². The van der Waals surface area contributed by atoms with Gasteiger partial charge in [-0.1, -0.05) is 31.0 Å². The molecule has 1 aromatic carbocycles. The number of rotatable bonds is 7. The van der Waals surface area contributed by atoms with E-state index in [-0.39, 0.29) is 41.9 Å².